The van der Waals surface area contributed by atoms with E-state index in [0.717, 1.165) is 5.56 Å². The summed E-state index contributed by atoms with van der Waals surface area (Å²) in [5.74, 6) is 0. The van der Waals surface area contributed by atoms with E-state index in [-0.39, 0.29) is 12.4 Å². The summed E-state index contributed by atoms with van der Waals surface area (Å²) in [6.45, 7) is 1.87. The van der Waals surface area contributed by atoms with Gasteiger partial charge in [0.1, 0.15) is 0 Å². The molecule has 0 heterocycles. The van der Waals surface area contributed by atoms with Crippen LogP contribution in [0.3, 0.4) is 0 Å². The van der Waals surface area contributed by atoms with Crippen LogP contribution in [-0.4, -0.2) is 6.18 Å². The van der Waals surface area contributed by atoms with Gasteiger partial charge in [0.25, 0.3) is 0 Å². The molecular formula is C10H13ClF3N. The second-order valence-corrected chi connectivity index (χ2v) is 3.34. The fourth-order valence-electron chi connectivity index (χ4n) is 1.18. The maximum atomic E-state index is 12.0. The average molecular weight is 240 g/mol. The molecule has 1 nitrogen and oxygen atoms in total. The van der Waals surface area contributed by atoms with Gasteiger partial charge in [-0.1, -0.05) is 29.8 Å². The zero-order valence-electron chi connectivity index (χ0n) is 8.21. The van der Waals surface area contributed by atoms with Gasteiger partial charge in [-0.15, -0.1) is 12.4 Å². The molecule has 0 saturated heterocycles. The normalized spacial score (nSPS) is 13.1. The van der Waals surface area contributed by atoms with Crippen LogP contribution >= 0.6 is 12.4 Å². The molecule has 0 bridgehead atoms. The minimum absolute atomic E-state index is 0. The Kier molecular flexibility index (Phi) is 5.11. The summed E-state index contributed by atoms with van der Waals surface area (Å²) in [5, 5.41) is 0. The van der Waals surface area contributed by atoms with E-state index in [1.54, 1.807) is 24.3 Å². The molecule has 0 aliphatic heterocycles. The summed E-state index contributed by atoms with van der Waals surface area (Å²) in [6.07, 6.45) is -5.18. The first-order valence-corrected chi connectivity index (χ1v) is 4.27. The Labute approximate surface area is 92.9 Å². The first-order valence-electron chi connectivity index (χ1n) is 4.27. The molecule has 0 amide bonds. The van der Waals surface area contributed by atoms with Gasteiger partial charge in [-0.05, 0) is 12.5 Å². The summed E-state index contributed by atoms with van der Waals surface area (Å²) in [5.41, 5.74) is 6.94. The highest BCUT2D eigenvalue weighted by molar-refractivity contribution is 5.85. The van der Waals surface area contributed by atoms with Crippen molar-refractivity contribution in [2.24, 2.45) is 5.73 Å². The van der Waals surface area contributed by atoms with Crippen molar-refractivity contribution >= 4 is 12.4 Å². The molecule has 5 heteroatoms. The quantitative estimate of drug-likeness (QED) is 0.841. The summed E-state index contributed by atoms with van der Waals surface area (Å²) < 4.78 is 36.0. The van der Waals surface area contributed by atoms with Gasteiger partial charge in [0, 0.05) is 6.04 Å². The highest BCUT2D eigenvalue weighted by Gasteiger charge is 2.30. The van der Waals surface area contributed by atoms with Crippen LogP contribution in [0, 0.1) is 6.92 Å². The Balaban J connectivity index is 0.00000196. The number of aryl methyl sites for hydroxylation is 1. The first kappa shape index (κ1) is 14.3. The van der Waals surface area contributed by atoms with Crippen molar-refractivity contribution in [3.8, 4) is 0 Å². The monoisotopic (exact) mass is 239 g/mol. The number of benzene rings is 1. The molecule has 0 spiro atoms. The average Bonchev–Trinajstić information content (AvgIpc) is 2.02. The van der Waals surface area contributed by atoms with Crippen LogP contribution in [0.4, 0.5) is 13.2 Å². The number of hydrogen-bond donors (Lipinski definition) is 1. The fraction of sp³-hybridized carbons (Fsp3) is 0.400. The topological polar surface area (TPSA) is 26.0 Å². The van der Waals surface area contributed by atoms with Gasteiger partial charge in [0.2, 0.25) is 0 Å². The van der Waals surface area contributed by atoms with Crippen molar-refractivity contribution in [3.05, 3.63) is 35.4 Å². The number of nitrogens with two attached hydrogens (primary N) is 1. The number of alkyl halides is 3. The van der Waals surface area contributed by atoms with Gasteiger partial charge in [-0.25, -0.2) is 0 Å². The van der Waals surface area contributed by atoms with Crippen molar-refractivity contribution in [3.63, 3.8) is 0 Å². The predicted molar refractivity (Wildman–Crippen MR) is 56.0 cm³/mol. The van der Waals surface area contributed by atoms with Crippen molar-refractivity contribution < 1.29 is 13.2 Å². The molecule has 1 rings (SSSR count). The molecule has 1 aromatic rings. The van der Waals surface area contributed by atoms with Gasteiger partial charge in [0.05, 0.1) is 6.42 Å². The van der Waals surface area contributed by atoms with Crippen LogP contribution in [0.2, 0.25) is 0 Å². The molecule has 0 unspecified atom stereocenters. The Morgan fingerprint density at radius 3 is 2.07 bits per heavy atom. The molecule has 1 atom stereocenters. The van der Waals surface area contributed by atoms with Crippen molar-refractivity contribution in [1.82, 2.24) is 0 Å². The summed E-state index contributed by atoms with van der Waals surface area (Å²) in [6, 6.07) is 5.81. The Bertz CT molecular complexity index is 295. The Morgan fingerprint density at radius 2 is 1.67 bits per heavy atom. The largest absolute Gasteiger partial charge is 0.390 e. The third-order valence-electron chi connectivity index (χ3n) is 1.96. The number of hydrogen-bond acceptors (Lipinski definition) is 1. The van der Waals surface area contributed by atoms with Gasteiger partial charge in [-0.2, -0.15) is 13.2 Å². The molecule has 0 aromatic heterocycles. The number of halogens is 4. The molecule has 0 saturated carbocycles. The molecule has 0 aliphatic carbocycles. The van der Waals surface area contributed by atoms with Crippen LogP contribution in [0.5, 0.6) is 0 Å². The molecule has 0 aliphatic rings. The van der Waals surface area contributed by atoms with Gasteiger partial charge >= 0.3 is 6.18 Å². The Morgan fingerprint density at radius 1 is 1.20 bits per heavy atom. The van der Waals surface area contributed by atoms with E-state index < -0.39 is 18.6 Å². The van der Waals surface area contributed by atoms with Gasteiger partial charge in [0.15, 0.2) is 0 Å². The molecular weight excluding hydrogens is 227 g/mol. The van der Waals surface area contributed by atoms with Crippen LogP contribution in [0.25, 0.3) is 0 Å². The highest BCUT2D eigenvalue weighted by Crippen LogP contribution is 2.27. The van der Waals surface area contributed by atoms with E-state index in [9.17, 15) is 13.2 Å². The lowest BCUT2D eigenvalue weighted by Gasteiger charge is -2.14. The fourth-order valence-corrected chi connectivity index (χ4v) is 1.18. The standard InChI is InChI=1S/C10H12F3N.ClH/c1-7-2-4-8(5-3-7)9(14)6-10(11,12)13;/h2-5,9H,6,14H2,1H3;1H/t9-;/m1./s1. The zero-order chi connectivity index (χ0) is 10.8. The minimum atomic E-state index is -4.20. The van der Waals surface area contributed by atoms with Crippen LogP contribution in [0.1, 0.15) is 23.6 Å². The van der Waals surface area contributed by atoms with Crippen LogP contribution < -0.4 is 5.73 Å². The molecule has 86 valence electrons. The zero-order valence-corrected chi connectivity index (χ0v) is 9.03. The van der Waals surface area contributed by atoms with E-state index in [0.29, 0.717) is 5.56 Å². The Hall–Kier alpha value is -0.740. The van der Waals surface area contributed by atoms with E-state index >= 15 is 0 Å². The maximum absolute atomic E-state index is 12.0. The summed E-state index contributed by atoms with van der Waals surface area (Å²) in [7, 11) is 0. The third-order valence-corrected chi connectivity index (χ3v) is 1.96. The van der Waals surface area contributed by atoms with Crippen molar-refractivity contribution in [2.75, 3.05) is 0 Å². The number of rotatable bonds is 2. The predicted octanol–water partition coefficient (Wildman–Crippen LogP) is 3.37. The lowest BCUT2D eigenvalue weighted by atomic mass is 10.0. The van der Waals surface area contributed by atoms with E-state index in [1.807, 2.05) is 6.92 Å². The first-order chi connectivity index (χ1) is 6.38. The molecule has 1 aromatic carbocycles. The van der Waals surface area contributed by atoms with Gasteiger partial charge in [-0.3, -0.25) is 0 Å². The second-order valence-electron chi connectivity index (χ2n) is 3.34. The van der Waals surface area contributed by atoms with E-state index in [2.05, 4.69) is 0 Å². The lowest BCUT2D eigenvalue weighted by molar-refractivity contribution is -0.138. The van der Waals surface area contributed by atoms with E-state index in [4.69, 9.17) is 5.73 Å². The lowest BCUT2D eigenvalue weighted by Crippen LogP contribution is -2.20. The molecule has 2 N–H and O–H groups in total. The second kappa shape index (κ2) is 5.37. The van der Waals surface area contributed by atoms with E-state index in [1.165, 1.54) is 0 Å². The highest BCUT2D eigenvalue weighted by atomic mass is 35.5. The molecule has 0 radical (unpaired) electrons. The third kappa shape index (κ3) is 5.04. The van der Waals surface area contributed by atoms with Crippen molar-refractivity contribution in [2.45, 2.75) is 25.6 Å². The maximum Gasteiger partial charge on any atom is 0.390 e. The van der Waals surface area contributed by atoms with Crippen LogP contribution in [-0.2, 0) is 0 Å². The van der Waals surface area contributed by atoms with Crippen LogP contribution in [0.15, 0.2) is 24.3 Å². The molecule has 15 heavy (non-hydrogen) atoms. The van der Waals surface area contributed by atoms with Gasteiger partial charge < -0.3 is 5.73 Å². The molecule has 0 fully saturated rings. The van der Waals surface area contributed by atoms with Crippen molar-refractivity contribution in [1.29, 1.82) is 0 Å². The summed E-state index contributed by atoms with van der Waals surface area (Å²) >= 11 is 0. The SMILES string of the molecule is Cc1ccc([C@H](N)CC(F)(F)F)cc1.Cl. The minimum Gasteiger partial charge on any atom is -0.324 e. The smallest absolute Gasteiger partial charge is 0.324 e. The summed E-state index contributed by atoms with van der Waals surface area (Å²) in [4.78, 5) is 0.